The van der Waals surface area contributed by atoms with Gasteiger partial charge in [-0.3, -0.25) is 0 Å². The van der Waals surface area contributed by atoms with Gasteiger partial charge in [0.1, 0.15) is 5.73 Å². The van der Waals surface area contributed by atoms with Crippen molar-refractivity contribution in [1.29, 1.82) is 0 Å². The van der Waals surface area contributed by atoms with Crippen LogP contribution in [-0.2, 0) is 18.8 Å². The van der Waals surface area contributed by atoms with Crippen LogP contribution in [0, 0.1) is 5.92 Å². The summed E-state index contributed by atoms with van der Waals surface area (Å²) in [5.41, 5.74) is -1.37. The largest absolute Gasteiger partial charge is 0.524 e. The predicted octanol–water partition coefficient (Wildman–Crippen LogP) is 2.62. The highest BCUT2D eigenvalue weighted by Gasteiger charge is 2.54. The Labute approximate surface area is 119 Å². The molecule has 2 aliphatic heterocycles. The van der Waals surface area contributed by atoms with Gasteiger partial charge >= 0.3 is 7.12 Å². The van der Waals surface area contributed by atoms with E-state index in [4.69, 9.17) is 18.8 Å². The van der Waals surface area contributed by atoms with Crippen LogP contribution in [0.2, 0.25) is 0 Å². The van der Waals surface area contributed by atoms with Gasteiger partial charge in [-0.15, -0.1) is 0 Å². The zero-order valence-electron chi connectivity index (χ0n) is 12.6. The first-order valence-electron chi connectivity index (χ1n) is 7.24. The van der Waals surface area contributed by atoms with Gasteiger partial charge in [-0.2, -0.15) is 0 Å². The quantitative estimate of drug-likeness (QED) is 0.730. The molecule has 0 aromatic rings. The summed E-state index contributed by atoms with van der Waals surface area (Å²) in [6.45, 7) is 8.93. The molecule has 0 unspecified atom stereocenters. The minimum absolute atomic E-state index is 0.132. The molecule has 2 heterocycles. The Morgan fingerprint density at radius 3 is 2.05 bits per heavy atom. The summed E-state index contributed by atoms with van der Waals surface area (Å²) in [6.07, 6.45) is 3.01. The van der Waals surface area contributed by atoms with Crippen molar-refractivity contribution < 1.29 is 23.2 Å². The van der Waals surface area contributed by atoms with E-state index in [1.54, 1.807) is 6.08 Å². The summed E-state index contributed by atoms with van der Waals surface area (Å²) in [4.78, 5) is 0. The minimum atomic E-state index is -0.901. The molecule has 0 bridgehead atoms. The van der Waals surface area contributed by atoms with Crippen LogP contribution in [-0.4, -0.2) is 37.3 Å². The van der Waals surface area contributed by atoms with Crippen LogP contribution < -0.4 is 0 Å². The van der Waals surface area contributed by atoms with Crippen molar-refractivity contribution in [3.05, 3.63) is 11.8 Å². The lowest BCUT2D eigenvalue weighted by Crippen LogP contribution is -2.44. The van der Waals surface area contributed by atoms with Crippen LogP contribution in [0.3, 0.4) is 0 Å². The molecule has 0 aromatic carbocycles. The third-order valence-electron chi connectivity index (χ3n) is 4.83. The van der Waals surface area contributed by atoms with Crippen molar-refractivity contribution in [3.63, 3.8) is 0 Å². The molecule has 1 aliphatic carbocycles. The first-order chi connectivity index (χ1) is 9.23. The van der Waals surface area contributed by atoms with Crippen molar-refractivity contribution in [3.8, 4) is 0 Å². The lowest BCUT2D eigenvalue weighted by Gasteiger charge is -2.41. The van der Waals surface area contributed by atoms with E-state index in [9.17, 15) is 4.39 Å². The zero-order valence-corrected chi connectivity index (χ0v) is 12.6. The fourth-order valence-electron chi connectivity index (χ4n) is 2.85. The molecule has 3 aliphatic rings. The second-order valence-corrected chi connectivity index (χ2v) is 6.92. The van der Waals surface area contributed by atoms with Crippen LogP contribution >= 0.6 is 0 Å². The van der Waals surface area contributed by atoms with Crippen molar-refractivity contribution in [2.24, 2.45) is 5.92 Å². The van der Waals surface area contributed by atoms with E-state index >= 15 is 0 Å². The Balaban J connectivity index is 1.60. The summed E-state index contributed by atoms with van der Waals surface area (Å²) >= 11 is 0. The SMILES string of the molecule is CC1(C)OB(C(F)=CC2CC3(C2)OCCO3)OC1(C)C. The topological polar surface area (TPSA) is 36.9 Å². The highest BCUT2D eigenvalue weighted by Crippen LogP contribution is 2.46. The molecule has 0 aromatic heterocycles. The van der Waals surface area contributed by atoms with Crippen LogP contribution in [0.5, 0.6) is 0 Å². The normalized spacial score (nSPS) is 31.9. The van der Waals surface area contributed by atoms with Gasteiger partial charge in [0.15, 0.2) is 5.79 Å². The molecular formula is C14H22BFO4. The van der Waals surface area contributed by atoms with Gasteiger partial charge < -0.3 is 18.8 Å². The van der Waals surface area contributed by atoms with Gasteiger partial charge in [0.2, 0.25) is 0 Å². The highest BCUT2D eigenvalue weighted by atomic mass is 19.1. The average molecular weight is 284 g/mol. The van der Waals surface area contributed by atoms with Gasteiger partial charge in [0.05, 0.1) is 24.4 Å². The molecule has 0 N–H and O–H groups in total. The summed E-state index contributed by atoms with van der Waals surface area (Å²) in [6, 6.07) is 0. The molecule has 6 heteroatoms. The number of allylic oxidation sites excluding steroid dienone is 1. The molecule has 20 heavy (non-hydrogen) atoms. The average Bonchev–Trinajstić information content (AvgIpc) is 2.82. The van der Waals surface area contributed by atoms with E-state index in [1.807, 2.05) is 27.7 Å². The van der Waals surface area contributed by atoms with E-state index in [0.717, 1.165) is 0 Å². The van der Waals surface area contributed by atoms with Gasteiger partial charge in [0, 0.05) is 12.8 Å². The Bertz CT molecular complexity index is 405. The fraction of sp³-hybridized carbons (Fsp3) is 0.857. The third-order valence-corrected chi connectivity index (χ3v) is 4.83. The van der Waals surface area contributed by atoms with Crippen LogP contribution in [0.15, 0.2) is 11.8 Å². The number of rotatable bonds is 2. The lowest BCUT2D eigenvalue weighted by molar-refractivity contribution is -0.222. The summed E-state index contributed by atoms with van der Waals surface area (Å²) in [7, 11) is -0.901. The molecule has 1 saturated carbocycles. The molecule has 1 spiro atoms. The first kappa shape index (κ1) is 14.5. The van der Waals surface area contributed by atoms with Crippen LogP contribution in [0.25, 0.3) is 0 Å². The molecule has 0 radical (unpaired) electrons. The van der Waals surface area contributed by atoms with Gasteiger partial charge in [0.25, 0.3) is 0 Å². The molecule has 2 saturated heterocycles. The first-order valence-corrected chi connectivity index (χ1v) is 7.24. The molecule has 3 fully saturated rings. The molecule has 0 amide bonds. The van der Waals surface area contributed by atoms with Crippen molar-refractivity contribution in [2.75, 3.05) is 13.2 Å². The maximum Gasteiger partial charge on any atom is 0.524 e. The number of halogens is 1. The number of hydrogen-bond donors (Lipinski definition) is 0. The summed E-state index contributed by atoms with van der Waals surface area (Å²) in [5.74, 6) is -0.315. The fourth-order valence-corrected chi connectivity index (χ4v) is 2.85. The molecule has 3 rings (SSSR count). The monoisotopic (exact) mass is 284 g/mol. The summed E-state index contributed by atoms with van der Waals surface area (Å²) in [5, 5.41) is 0. The van der Waals surface area contributed by atoms with E-state index < -0.39 is 24.1 Å². The Hall–Kier alpha value is -0.425. The van der Waals surface area contributed by atoms with E-state index in [2.05, 4.69) is 0 Å². The Morgan fingerprint density at radius 1 is 1.05 bits per heavy atom. The smallest absolute Gasteiger partial charge is 0.398 e. The predicted molar refractivity (Wildman–Crippen MR) is 72.6 cm³/mol. The minimum Gasteiger partial charge on any atom is -0.398 e. The number of hydrogen-bond acceptors (Lipinski definition) is 4. The maximum absolute atomic E-state index is 14.3. The molecule has 4 nitrogen and oxygen atoms in total. The lowest BCUT2D eigenvalue weighted by atomic mass is 9.75. The van der Waals surface area contributed by atoms with E-state index in [0.29, 0.717) is 26.1 Å². The third kappa shape index (κ3) is 2.32. The Kier molecular flexibility index (Phi) is 3.29. The van der Waals surface area contributed by atoms with Gasteiger partial charge in [-0.05, 0) is 33.6 Å². The standard InChI is InChI=1S/C14H22BFO4/c1-12(2)13(3,4)20-15(19-12)11(16)7-10-8-14(9-10)17-5-6-18-14/h7,10H,5-6,8-9H2,1-4H3. The van der Waals surface area contributed by atoms with Gasteiger partial charge in [-0.1, -0.05) is 6.08 Å². The molecule has 0 atom stereocenters. The number of ether oxygens (including phenoxy) is 2. The Morgan fingerprint density at radius 2 is 1.55 bits per heavy atom. The van der Waals surface area contributed by atoms with Gasteiger partial charge in [-0.25, -0.2) is 4.39 Å². The zero-order chi connectivity index (χ0) is 14.6. The second kappa shape index (κ2) is 4.53. The summed E-state index contributed by atoms with van der Waals surface area (Å²) < 4.78 is 36.7. The second-order valence-electron chi connectivity index (χ2n) is 6.92. The van der Waals surface area contributed by atoms with Crippen molar-refractivity contribution in [1.82, 2.24) is 0 Å². The molecule has 112 valence electrons. The van der Waals surface area contributed by atoms with E-state index in [1.165, 1.54) is 0 Å². The highest BCUT2D eigenvalue weighted by molar-refractivity contribution is 6.53. The van der Waals surface area contributed by atoms with Crippen molar-refractivity contribution >= 4 is 7.12 Å². The van der Waals surface area contributed by atoms with Crippen molar-refractivity contribution in [2.45, 2.75) is 57.5 Å². The van der Waals surface area contributed by atoms with Crippen LogP contribution in [0.1, 0.15) is 40.5 Å². The molecular weight excluding hydrogens is 262 g/mol. The van der Waals surface area contributed by atoms with E-state index in [-0.39, 0.29) is 11.6 Å². The van der Waals surface area contributed by atoms with Crippen LogP contribution in [0.4, 0.5) is 4.39 Å². The maximum atomic E-state index is 14.3.